The summed E-state index contributed by atoms with van der Waals surface area (Å²) in [6.45, 7) is 0. The number of rotatable bonds is 6. The van der Waals surface area contributed by atoms with E-state index in [0.717, 1.165) is 51.8 Å². The number of benzene rings is 7. The van der Waals surface area contributed by atoms with Crippen LogP contribution in [-0.2, 0) is 5.41 Å². The quantitative estimate of drug-likeness (QED) is 0.172. The third-order valence-corrected chi connectivity index (χ3v) is 11.8. The molecule has 0 amide bonds. The monoisotopic (exact) mass is 718 g/mol. The number of hydrogen-bond donors (Lipinski definition) is 0. The summed E-state index contributed by atoms with van der Waals surface area (Å²) in [7, 11) is 0. The summed E-state index contributed by atoms with van der Waals surface area (Å²) in [6, 6.07) is 61.9. The third-order valence-electron chi connectivity index (χ3n) is 11.8. The largest absolute Gasteiger partial charge is 0.208 e. The Morgan fingerprint density at radius 3 is 1.39 bits per heavy atom. The second-order valence-corrected chi connectivity index (χ2v) is 15.0. The van der Waals surface area contributed by atoms with Gasteiger partial charge in [0.25, 0.3) is 0 Å². The van der Waals surface area contributed by atoms with Gasteiger partial charge in [-0.3, -0.25) is 0 Å². The highest BCUT2D eigenvalue weighted by Crippen LogP contribution is 2.58. The Kier molecular flexibility index (Phi) is 8.42. The maximum absolute atomic E-state index is 9.79. The minimum absolute atomic E-state index is 0.00161. The van der Waals surface area contributed by atoms with Crippen LogP contribution in [0.15, 0.2) is 170 Å². The molecule has 4 heteroatoms. The highest BCUT2D eigenvalue weighted by atomic mass is 15.0. The second kappa shape index (κ2) is 14.0. The maximum Gasteiger partial charge on any atom is 0.164 e. The predicted molar refractivity (Wildman–Crippen MR) is 226 cm³/mol. The van der Waals surface area contributed by atoms with Crippen molar-refractivity contribution in [2.24, 2.45) is 0 Å². The van der Waals surface area contributed by atoms with Crippen LogP contribution in [0.25, 0.3) is 78.7 Å². The normalized spacial score (nSPS) is 13.8. The van der Waals surface area contributed by atoms with Gasteiger partial charge in [-0.1, -0.05) is 177 Å². The molecule has 0 saturated heterocycles. The number of aromatic nitrogens is 3. The van der Waals surface area contributed by atoms with Crippen molar-refractivity contribution in [3.8, 4) is 84.7 Å². The lowest BCUT2D eigenvalue weighted by Crippen LogP contribution is -2.28. The maximum atomic E-state index is 9.79. The SMILES string of the molecule is N#Cc1ccc2c(c1)C1(CCCCC1)c1cccc(-c3ccc(-c4ccc(-c5nc(-c6ccccc6)nc(-c6ccc(-c7ccccc7)cc6)n5)cc4)cc3)c1-2. The van der Waals surface area contributed by atoms with Crippen LogP contribution < -0.4 is 0 Å². The van der Waals surface area contributed by atoms with E-state index in [-0.39, 0.29) is 5.41 Å². The van der Waals surface area contributed by atoms with Gasteiger partial charge >= 0.3 is 0 Å². The standard InChI is InChI=1S/C52H38N4/c53-34-35-17-30-45-47(33-35)52(31-8-3-9-32-52)46-16-10-15-44(48(45)46)40-24-18-38(19-25-40)39-22-28-43(29-23-39)51-55-49(41-13-6-2-7-14-41)54-50(56-51)42-26-20-37(21-27-42)36-11-4-1-5-12-36/h1-2,4-7,10-30,33H,3,8-9,31-32H2. The minimum Gasteiger partial charge on any atom is -0.208 e. The molecule has 1 saturated carbocycles. The first-order chi connectivity index (χ1) is 27.7. The van der Waals surface area contributed by atoms with Gasteiger partial charge in [0.15, 0.2) is 17.5 Å². The average molecular weight is 719 g/mol. The fourth-order valence-electron chi connectivity index (χ4n) is 9.00. The van der Waals surface area contributed by atoms with E-state index < -0.39 is 0 Å². The summed E-state index contributed by atoms with van der Waals surface area (Å²) in [5, 5.41) is 9.79. The fraction of sp³-hybridized carbons (Fsp3) is 0.115. The zero-order chi connectivity index (χ0) is 37.5. The first-order valence-corrected chi connectivity index (χ1v) is 19.5. The zero-order valence-electron chi connectivity index (χ0n) is 31.0. The predicted octanol–water partition coefficient (Wildman–Crippen LogP) is 13.0. The van der Waals surface area contributed by atoms with E-state index in [4.69, 9.17) is 15.0 Å². The molecule has 8 aromatic rings. The molecule has 0 aliphatic heterocycles. The van der Waals surface area contributed by atoms with Crippen LogP contribution in [0, 0.1) is 11.3 Å². The fourth-order valence-corrected chi connectivity index (χ4v) is 9.00. The molecule has 1 aromatic heterocycles. The minimum atomic E-state index is 0.00161. The highest BCUT2D eigenvalue weighted by Gasteiger charge is 2.44. The topological polar surface area (TPSA) is 62.5 Å². The van der Waals surface area contributed by atoms with Crippen LogP contribution in [0.3, 0.4) is 0 Å². The molecule has 4 nitrogen and oxygen atoms in total. The molecule has 10 rings (SSSR count). The number of fused-ring (bicyclic) bond motifs is 5. The first-order valence-electron chi connectivity index (χ1n) is 19.5. The van der Waals surface area contributed by atoms with E-state index in [1.165, 1.54) is 58.2 Å². The van der Waals surface area contributed by atoms with Crippen molar-refractivity contribution in [2.75, 3.05) is 0 Å². The lowest BCUT2D eigenvalue weighted by Gasteiger charge is -2.36. The van der Waals surface area contributed by atoms with Crippen LogP contribution in [0.4, 0.5) is 0 Å². The van der Waals surface area contributed by atoms with Gasteiger partial charge in [0, 0.05) is 22.1 Å². The summed E-state index contributed by atoms with van der Waals surface area (Å²) in [5.74, 6) is 1.93. The Hall–Kier alpha value is -6.96. The molecule has 1 fully saturated rings. The van der Waals surface area contributed by atoms with Crippen LogP contribution in [0.1, 0.15) is 48.8 Å². The van der Waals surface area contributed by atoms with E-state index in [0.29, 0.717) is 17.5 Å². The summed E-state index contributed by atoms with van der Waals surface area (Å²) in [5.41, 5.74) is 16.0. The zero-order valence-corrected chi connectivity index (χ0v) is 31.0. The van der Waals surface area contributed by atoms with Gasteiger partial charge < -0.3 is 0 Å². The van der Waals surface area contributed by atoms with E-state index >= 15 is 0 Å². The van der Waals surface area contributed by atoms with E-state index in [9.17, 15) is 5.26 Å². The molecular formula is C52H38N4. The molecule has 0 N–H and O–H groups in total. The Morgan fingerprint density at radius 2 is 0.857 bits per heavy atom. The summed E-state index contributed by atoms with van der Waals surface area (Å²) in [4.78, 5) is 14.9. The molecule has 0 radical (unpaired) electrons. The Morgan fingerprint density at radius 1 is 0.393 bits per heavy atom. The van der Waals surface area contributed by atoms with Crippen molar-refractivity contribution in [3.05, 3.63) is 187 Å². The highest BCUT2D eigenvalue weighted by molar-refractivity contribution is 5.93. The van der Waals surface area contributed by atoms with E-state index in [1.54, 1.807) is 0 Å². The van der Waals surface area contributed by atoms with Gasteiger partial charge in [-0.2, -0.15) is 5.26 Å². The average Bonchev–Trinajstić information content (AvgIpc) is 3.55. The van der Waals surface area contributed by atoms with Gasteiger partial charge in [-0.15, -0.1) is 0 Å². The number of nitrogens with zero attached hydrogens (tertiary/aromatic N) is 4. The van der Waals surface area contributed by atoms with Gasteiger partial charge in [0.05, 0.1) is 11.6 Å². The number of hydrogen-bond acceptors (Lipinski definition) is 4. The molecule has 56 heavy (non-hydrogen) atoms. The lowest BCUT2D eigenvalue weighted by atomic mass is 9.67. The second-order valence-electron chi connectivity index (χ2n) is 15.0. The van der Waals surface area contributed by atoms with Gasteiger partial charge in [-0.05, 0) is 80.6 Å². The molecule has 0 atom stereocenters. The Bertz CT molecular complexity index is 2740. The summed E-state index contributed by atoms with van der Waals surface area (Å²) >= 11 is 0. The molecule has 0 bridgehead atoms. The molecule has 1 heterocycles. The van der Waals surface area contributed by atoms with Crippen molar-refractivity contribution in [1.29, 1.82) is 5.26 Å². The van der Waals surface area contributed by atoms with Crippen molar-refractivity contribution in [1.82, 2.24) is 15.0 Å². The Balaban J connectivity index is 0.968. The van der Waals surface area contributed by atoms with Gasteiger partial charge in [-0.25, -0.2) is 15.0 Å². The number of nitriles is 1. The summed E-state index contributed by atoms with van der Waals surface area (Å²) < 4.78 is 0. The van der Waals surface area contributed by atoms with Crippen LogP contribution >= 0.6 is 0 Å². The van der Waals surface area contributed by atoms with Crippen LogP contribution in [-0.4, -0.2) is 15.0 Å². The van der Waals surface area contributed by atoms with Crippen LogP contribution in [0.5, 0.6) is 0 Å². The first kappa shape index (κ1) is 33.6. The molecule has 2 aliphatic carbocycles. The van der Waals surface area contributed by atoms with Gasteiger partial charge in [0.1, 0.15) is 0 Å². The molecule has 7 aromatic carbocycles. The smallest absolute Gasteiger partial charge is 0.164 e. The molecular weight excluding hydrogens is 681 g/mol. The van der Waals surface area contributed by atoms with Crippen molar-refractivity contribution in [2.45, 2.75) is 37.5 Å². The summed E-state index contributed by atoms with van der Waals surface area (Å²) in [6.07, 6.45) is 6.00. The third kappa shape index (κ3) is 5.90. The Labute approximate surface area is 327 Å². The molecule has 0 unspecified atom stereocenters. The van der Waals surface area contributed by atoms with Crippen LogP contribution in [0.2, 0.25) is 0 Å². The van der Waals surface area contributed by atoms with Gasteiger partial charge in [0.2, 0.25) is 0 Å². The van der Waals surface area contributed by atoms with Crippen molar-refractivity contribution in [3.63, 3.8) is 0 Å². The van der Waals surface area contributed by atoms with Crippen molar-refractivity contribution < 1.29 is 0 Å². The molecule has 2 aliphatic rings. The molecule has 266 valence electrons. The lowest BCUT2D eigenvalue weighted by molar-refractivity contribution is 0.353. The molecule has 1 spiro atoms. The van der Waals surface area contributed by atoms with E-state index in [2.05, 4.69) is 133 Å². The van der Waals surface area contributed by atoms with E-state index in [1.807, 2.05) is 42.5 Å². The van der Waals surface area contributed by atoms with Crippen molar-refractivity contribution >= 4 is 0 Å².